The van der Waals surface area contributed by atoms with Crippen LogP contribution in [-0.2, 0) is 0 Å². The van der Waals surface area contributed by atoms with E-state index >= 15 is 0 Å². The molecule has 5 nitrogen and oxygen atoms in total. The Hall–Kier alpha value is -3.58. The Balaban J connectivity index is 1.74. The highest BCUT2D eigenvalue weighted by atomic mass is 35.5. The average Bonchev–Trinajstić information content (AvgIpc) is 3.17. The van der Waals surface area contributed by atoms with Crippen molar-refractivity contribution in [1.29, 1.82) is 0 Å². The second-order valence-electron chi connectivity index (χ2n) is 6.12. The summed E-state index contributed by atoms with van der Waals surface area (Å²) in [5.41, 5.74) is 1.88. The van der Waals surface area contributed by atoms with Gasteiger partial charge in [-0.1, -0.05) is 11.6 Å². The highest BCUT2D eigenvalue weighted by Crippen LogP contribution is 2.25. The predicted molar refractivity (Wildman–Crippen MR) is 106 cm³/mol. The molecule has 0 saturated heterocycles. The molecule has 2 aromatic carbocycles. The third-order valence-electron chi connectivity index (χ3n) is 4.15. The molecule has 4 aromatic rings. The lowest BCUT2D eigenvalue weighted by Gasteiger charge is -2.07. The van der Waals surface area contributed by atoms with Gasteiger partial charge in [0.25, 0.3) is 5.91 Å². The summed E-state index contributed by atoms with van der Waals surface area (Å²) in [6, 6.07) is 14.8. The van der Waals surface area contributed by atoms with Crippen LogP contribution in [0.1, 0.15) is 10.5 Å². The smallest absolute Gasteiger partial charge is 0.276 e. The number of aromatic nitrogens is 3. The van der Waals surface area contributed by atoms with Gasteiger partial charge in [0.15, 0.2) is 5.69 Å². The Labute approximate surface area is 169 Å². The van der Waals surface area contributed by atoms with E-state index in [4.69, 9.17) is 11.6 Å². The minimum atomic E-state index is -0.656. The van der Waals surface area contributed by atoms with Gasteiger partial charge in [-0.05, 0) is 60.7 Å². The lowest BCUT2D eigenvalue weighted by atomic mass is 10.2. The first-order chi connectivity index (χ1) is 14.0. The van der Waals surface area contributed by atoms with E-state index in [0.29, 0.717) is 16.9 Å². The van der Waals surface area contributed by atoms with Crippen LogP contribution < -0.4 is 5.32 Å². The predicted octanol–water partition coefficient (Wildman–Crippen LogP) is 5.12. The number of pyridine rings is 1. The normalized spacial score (nSPS) is 10.7. The maximum atomic E-state index is 14.0. The van der Waals surface area contributed by atoms with Crippen LogP contribution in [0.2, 0.25) is 5.02 Å². The maximum Gasteiger partial charge on any atom is 0.276 e. The van der Waals surface area contributed by atoms with Gasteiger partial charge in [0.2, 0.25) is 0 Å². The van der Waals surface area contributed by atoms with Gasteiger partial charge in [0.1, 0.15) is 11.6 Å². The molecule has 4 rings (SSSR count). The van der Waals surface area contributed by atoms with E-state index in [9.17, 15) is 13.6 Å². The number of carbonyl (C=O) groups excluding carboxylic acids is 1. The first-order valence-electron chi connectivity index (χ1n) is 8.54. The topological polar surface area (TPSA) is 59.8 Å². The van der Waals surface area contributed by atoms with Crippen LogP contribution in [0.4, 0.5) is 14.5 Å². The summed E-state index contributed by atoms with van der Waals surface area (Å²) in [6.45, 7) is 0. The number of rotatable bonds is 4. The Bertz CT molecular complexity index is 1180. The van der Waals surface area contributed by atoms with Gasteiger partial charge in [-0.3, -0.25) is 9.78 Å². The standard InChI is InChI=1S/C21H13ClF2N4O/c22-14-3-8-18(17(24)10-14)26-21(29)19-11-20(13-2-1-9-25-12-13)28(27-19)16-6-4-15(23)5-7-16/h1-12H,(H,26,29). The van der Waals surface area contributed by atoms with Crippen LogP contribution in [0, 0.1) is 11.6 Å². The zero-order chi connectivity index (χ0) is 20.4. The Morgan fingerprint density at radius 2 is 1.83 bits per heavy atom. The van der Waals surface area contributed by atoms with Gasteiger partial charge in [0.05, 0.1) is 17.1 Å². The molecule has 0 radical (unpaired) electrons. The number of benzene rings is 2. The molecule has 29 heavy (non-hydrogen) atoms. The summed E-state index contributed by atoms with van der Waals surface area (Å²) < 4.78 is 28.8. The van der Waals surface area contributed by atoms with Crippen LogP contribution in [0.5, 0.6) is 0 Å². The number of nitrogens with zero attached hydrogens (tertiary/aromatic N) is 3. The average molecular weight is 411 g/mol. The SMILES string of the molecule is O=C(Nc1ccc(Cl)cc1F)c1cc(-c2cccnc2)n(-c2ccc(F)cc2)n1. The fourth-order valence-electron chi connectivity index (χ4n) is 2.77. The van der Waals surface area contributed by atoms with Crippen molar-refractivity contribution in [2.75, 3.05) is 5.32 Å². The summed E-state index contributed by atoms with van der Waals surface area (Å²) in [6.07, 6.45) is 3.25. The molecule has 0 aliphatic rings. The van der Waals surface area contributed by atoms with Crippen molar-refractivity contribution in [3.63, 3.8) is 0 Å². The lowest BCUT2D eigenvalue weighted by molar-refractivity contribution is 0.102. The molecule has 1 amide bonds. The fourth-order valence-corrected chi connectivity index (χ4v) is 2.93. The summed E-state index contributed by atoms with van der Waals surface area (Å²) in [5.74, 6) is -1.64. The van der Waals surface area contributed by atoms with Crippen molar-refractivity contribution in [1.82, 2.24) is 14.8 Å². The first-order valence-corrected chi connectivity index (χ1v) is 8.92. The van der Waals surface area contributed by atoms with E-state index in [1.54, 1.807) is 36.7 Å². The van der Waals surface area contributed by atoms with Crippen LogP contribution in [0.3, 0.4) is 0 Å². The minimum Gasteiger partial charge on any atom is -0.318 e. The van der Waals surface area contributed by atoms with Crippen LogP contribution in [0.25, 0.3) is 16.9 Å². The van der Waals surface area contributed by atoms with Gasteiger partial charge in [-0.25, -0.2) is 13.5 Å². The fraction of sp³-hybridized carbons (Fsp3) is 0. The van der Waals surface area contributed by atoms with Gasteiger partial charge < -0.3 is 5.32 Å². The molecule has 0 spiro atoms. The van der Waals surface area contributed by atoms with E-state index in [1.165, 1.54) is 28.9 Å². The van der Waals surface area contributed by atoms with Gasteiger partial charge in [-0.15, -0.1) is 0 Å². The first kappa shape index (κ1) is 18.8. The monoisotopic (exact) mass is 410 g/mol. The molecule has 144 valence electrons. The number of hydrogen-bond acceptors (Lipinski definition) is 3. The molecule has 0 fully saturated rings. The van der Waals surface area contributed by atoms with Crippen molar-refractivity contribution in [3.05, 3.63) is 95.4 Å². The highest BCUT2D eigenvalue weighted by Gasteiger charge is 2.18. The lowest BCUT2D eigenvalue weighted by Crippen LogP contribution is -2.14. The Morgan fingerprint density at radius 3 is 2.52 bits per heavy atom. The number of amides is 1. The molecule has 1 N–H and O–H groups in total. The molecule has 0 bridgehead atoms. The maximum absolute atomic E-state index is 14.0. The van der Waals surface area contributed by atoms with Crippen molar-refractivity contribution in [2.24, 2.45) is 0 Å². The van der Waals surface area contributed by atoms with E-state index in [0.717, 1.165) is 6.07 Å². The van der Waals surface area contributed by atoms with Crippen molar-refractivity contribution >= 4 is 23.2 Å². The number of anilines is 1. The molecule has 8 heteroatoms. The summed E-state index contributed by atoms with van der Waals surface area (Å²) in [5, 5.41) is 7.04. The number of hydrogen-bond donors (Lipinski definition) is 1. The Morgan fingerprint density at radius 1 is 1.03 bits per heavy atom. The molecule has 0 atom stereocenters. The van der Waals surface area contributed by atoms with E-state index in [-0.39, 0.29) is 22.2 Å². The van der Waals surface area contributed by atoms with Crippen LogP contribution >= 0.6 is 11.6 Å². The molecule has 0 aliphatic heterocycles. The number of nitrogens with one attached hydrogen (secondary N) is 1. The molecule has 0 unspecified atom stereocenters. The van der Waals surface area contributed by atoms with E-state index in [2.05, 4.69) is 15.4 Å². The summed E-state index contributed by atoms with van der Waals surface area (Å²) in [4.78, 5) is 16.8. The van der Waals surface area contributed by atoms with Gasteiger partial charge >= 0.3 is 0 Å². The zero-order valence-electron chi connectivity index (χ0n) is 14.8. The Kier molecular flexibility index (Phi) is 5.05. The molecule has 0 aliphatic carbocycles. The van der Waals surface area contributed by atoms with Crippen LogP contribution in [-0.4, -0.2) is 20.7 Å². The second kappa shape index (κ2) is 7.81. The van der Waals surface area contributed by atoms with Crippen molar-refractivity contribution in [2.45, 2.75) is 0 Å². The molecule has 0 saturated carbocycles. The third kappa shape index (κ3) is 4.00. The van der Waals surface area contributed by atoms with E-state index in [1.807, 2.05) is 6.07 Å². The second-order valence-corrected chi connectivity index (χ2v) is 6.56. The number of carbonyl (C=O) groups is 1. The zero-order valence-corrected chi connectivity index (χ0v) is 15.6. The van der Waals surface area contributed by atoms with Crippen molar-refractivity contribution < 1.29 is 13.6 Å². The van der Waals surface area contributed by atoms with Gasteiger partial charge in [-0.2, -0.15) is 5.10 Å². The minimum absolute atomic E-state index is 0.0151. The highest BCUT2D eigenvalue weighted by molar-refractivity contribution is 6.30. The molecular weight excluding hydrogens is 398 g/mol. The van der Waals surface area contributed by atoms with Crippen molar-refractivity contribution in [3.8, 4) is 16.9 Å². The molecule has 2 heterocycles. The molecule has 2 aromatic heterocycles. The van der Waals surface area contributed by atoms with Gasteiger partial charge in [0, 0.05) is 23.0 Å². The summed E-state index contributed by atoms with van der Waals surface area (Å²) in [7, 11) is 0. The third-order valence-corrected chi connectivity index (χ3v) is 4.38. The largest absolute Gasteiger partial charge is 0.318 e. The summed E-state index contributed by atoms with van der Waals surface area (Å²) >= 11 is 5.74. The quantitative estimate of drug-likeness (QED) is 0.508. The number of halogens is 3. The van der Waals surface area contributed by atoms with Crippen LogP contribution in [0.15, 0.2) is 73.1 Å². The molecular formula is C21H13ClF2N4O. The van der Waals surface area contributed by atoms with E-state index < -0.39 is 11.7 Å².